The molecule has 0 saturated heterocycles. The van der Waals surface area contributed by atoms with E-state index in [1.807, 2.05) is 6.07 Å². The van der Waals surface area contributed by atoms with Crippen LogP contribution in [0.1, 0.15) is 59.1 Å². The molecule has 0 aliphatic rings. The van der Waals surface area contributed by atoms with Crippen LogP contribution in [0.5, 0.6) is 0 Å². The number of amides is 1. The Bertz CT molecular complexity index is 374. The van der Waals surface area contributed by atoms with Gasteiger partial charge in [-0.05, 0) is 17.8 Å². The molecular weight excluding hydrogens is 214 g/mol. The number of hydrogen-bond donors (Lipinski definition) is 2. The number of aromatic nitrogens is 2. The molecule has 96 valence electrons. The van der Waals surface area contributed by atoms with Crippen LogP contribution in [0.2, 0.25) is 0 Å². The first kappa shape index (κ1) is 13.7. The van der Waals surface area contributed by atoms with Crippen LogP contribution in [0.15, 0.2) is 6.07 Å². The van der Waals surface area contributed by atoms with Crippen molar-refractivity contribution in [2.24, 2.45) is 5.41 Å². The second-order valence-corrected chi connectivity index (χ2v) is 5.97. The molecule has 1 rings (SSSR count). The van der Waals surface area contributed by atoms with Crippen LogP contribution in [0, 0.1) is 5.41 Å². The van der Waals surface area contributed by atoms with Gasteiger partial charge in [-0.2, -0.15) is 5.10 Å². The van der Waals surface area contributed by atoms with Crippen molar-refractivity contribution >= 4 is 11.7 Å². The quantitative estimate of drug-likeness (QED) is 0.844. The first-order valence-corrected chi connectivity index (χ1v) is 6.13. The molecule has 0 saturated carbocycles. The Morgan fingerprint density at radius 2 is 2.12 bits per heavy atom. The van der Waals surface area contributed by atoms with Crippen LogP contribution < -0.4 is 5.32 Å². The normalized spacial score (nSPS) is 11.9. The monoisotopic (exact) mass is 237 g/mol. The fraction of sp³-hybridized carbons (Fsp3) is 0.692. The number of hydrogen-bond acceptors (Lipinski definition) is 2. The molecular formula is C13H23N3O. The van der Waals surface area contributed by atoms with Gasteiger partial charge in [-0.1, -0.05) is 34.6 Å². The number of H-pyrrole nitrogens is 1. The van der Waals surface area contributed by atoms with Gasteiger partial charge >= 0.3 is 0 Å². The minimum Gasteiger partial charge on any atom is -0.309 e. The lowest BCUT2D eigenvalue weighted by molar-refractivity contribution is -0.116. The lowest BCUT2D eigenvalue weighted by Gasteiger charge is -2.16. The minimum atomic E-state index is 0.0294. The smallest absolute Gasteiger partial charge is 0.225 e. The highest BCUT2D eigenvalue weighted by Crippen LogP contribution is 2.21. The zero-order chi connectivity index (χ0) is 13.1. The number of nitrogens with one attached hydrogen (secondary N) is 2. The van der Waals surface area contributed by atoms with E-state index in [4.69, 9.17) is 0 Å². The van der Waals surface area contributed by atoms with Gasteiger partial charge in [-0.25, -0.2) is 0 Å². The summed E-state index contributed by atoms with van der Waals surface area (Å²) < 4.78 is 0. The van der Waals surface area contributed by atoms with Crippen LogP contribution in [-0.2, 0) is 4.79 Å². The van der Waals surface area contributed by atoms with E-state index in [1.54, 1.807) is 0 Å². The third kappa shape index (κ3) is 5.02. The zero-order valence-electron chi connectivity index (χ0n) is 11.4. The highest BCUT2D eigenvalue weighted by molar-refractivity contribution is 5.89. The summed E-state index contributed by atoms with van der Waals surface area (Å²) in [5.74, 6) is 1.04. The summed E-state index contributed by atoms with van der Waals surface area (Å²) in [5, 5.41) is 9.79. The summed E-state index contributed by atoms with van der Waals surface area (Å²) >= 11 is 0. The van der Waals surface area contributed by atoms with Crippen LogP contribution in [0.4, 0.5) is 5.82 Å². The number of rotatable bonds is 4. The number of carbonyl (C=O) groups is 1. The van der Waals surface area contributed by atoms with Gasteiger partial charge < -0.3 is 5.32 Å². The van der Waals surface area contributed by atoms with E-state index in [-0.39, 0.29) is 11.3 Å². The second-order valence-electron chi connectivity index (χ2n) is 5.97. The molecule has 0 spiro atoms. The zero-order valence-corrected chi connectivity index (χ0v) is 11.4. The third-order valence-corrected chi connectivity index (χ3v) is 2.59. The van der Waals surface area contributed by atoms with Gasteiger partial charge in [0.2, 0.25) is 5.91 Å². The number of anilines is 1. The van der Waals surface area contributed by atoms with E-state index in [2.05, 4.69) is 50.1 Å². The maximum absolute atomic E-state index is 11.7. The molecule has 0 fully saturated rings. The predicted octanol–water partition coefficient (Wildman–Crippen LogP) is 3.30. The summed E-state index contributed by atoms with van der Waals surface area (Å²) in [6.07, 6.45) is 1.41. The van der Waals surface area contributed by atoms with E-state index in [0.717, 1.165) is 12.1 Å². The molecule has 1 aromatic rings. The maximum Gasteiger partial charge on any atom is 0.225 e. The summed E-state index contributed by atoms with van der Waals surface area (Å²) in [4.78, 5) is 11.7. The summed E-state index contributed by atoms with van der Waals surface area (Å²) in [6.45, 7) is 10.6. The van der Waals surface area contributed by atoms with Crippen molar-refractivity contribution in [1.29, 1.82) is 0 Å². The molecule has 0 aromatic carbocycles. The van der Waals surface area contributed by atoms with Gasteiger partial charge in [-0.3, -0.25) is 9.89 Å². The largest absolute Gasteiger partial charge is 0.309 e. The summed E-state index contributed by atoms with van der Waals surface area (Å²) in [5.41, 5.74) is 1.22. The molecule has 0 atom stereocenters. The second kappa shape index (κ2) is 5.34. The Kier molecular flexibility index (Phi) is 4.32. The van der Waals surface area contributed by atoms with E-state index in [9.17, 15) is 4.79 Å². The number of nitrogens with zero attached hydrogens (tertiary/aromatic N) is 1. The van der Waals surface area contributed by atoms with Crippen molar-refractivity contribution in [1.82, 2.24) is 10.2 Å². The fourth-order valence-corrected chi connectivity index (χ4v) is 1.39. The number of carbonyl (C=O) groups excluding carboxylic acids is 1. The Hall–Kier alpha value is -1.32. The van der Waals surface area contributed by atoms with Gasteiger partial charge in [0.05, 0.1) is 0 Å². The third-order valence-electron chi connectivity index (χ3n) is 2.59. The highest BCUT2D eigenvalue weighted by atomic mass is 16.1. The molecule has 17 heavy (non-hydrogen) atoms. The average molecular weight is 237 g/mol. The first-order valence-electron chi connectivity index (χ1n) is 6.13. The van der Waals surface area contributed by atoms with Crippen molar-refractivity contribution < 1.29 is 4.79 Å². The average Bonchev–Trinajstić information content (AvgIpc) is 2.62. The molecule has 0 radical (unpaired) electrons. The Morgan fingerprint density at radius 1 is 1.47 bits per heavy atom. The molecule has 4 heteroatoms. The van der Waals surface area contributed by atoms with Crippen molar-refractivity contribution in [3.63, 3.8) is 0 Å². The molecule has 1 aromatic heterocycles. The molecule has 2 N–H and O–H groups in total. The van der Waals surface area contributed by atoms with Gasteiger partial charge in [0.1, 0.15) is 0 Å². The highest BCUT2D eigenvalue weighted by Gasteiger charge is 2.14. The fourth-order valence-electron chi connectivity index (χ4n) is 1.39. The Labute approximate surface area is 103 Å². The van der Waals surface area contributed by atoms with Crippen LogP contribution in [-0.4, -0.2) is 16.1 Å². The van der Waals surface area contributed by atoms with Gasteiger partial charge in [0, 0.05) is 18.2 Å². The minimum absolute atomic E-state index is 0.0294. The van der Waals surface area contributed by atoms with Gasteiger partial charge in [-0.15, -0.1) is 0 Å². The molecule has 0 bridgehead atoms. The van der Waals surface area contributed by atoms with Crippen LogP contribution in [0.3, 0.4) is 0 Å². The van der Waals surface area contributed by atoms with Crippen molar-refractivity contribution in [3.8, 4) is 0 Å². The predicted molar refractivity (Wildman–Crippen MR) is 70.0 cm³/mol. The van der Waals surface area contributed by atoms with E-state index in [1.165, 1.54) is 0 Å². The lowest BCUT2D eigenvalue weighted by atomic mass is 9.90. The Balaban J connectivity index is 2.45. The van der Waals surface area contributed by atoms with E-state index >= 15 is 0 Å². The number of aromatic amines is 1. The molecule has 1 heterocycles. The van der Waals surface area contributed by atoms with E-state index in [0.29, 0.717) is 18.2 Å². The summed E-state index contributed by atoms with van der Waals surface area (Å²) in [6, 6.07) is 1.89. The molecule has 4 nitrogen and oxygen atoms in total. The molecule has 0 aliphatic heterocycles. The van der Waals surface area contributed by atoms with Crippen LogP contribution >= 0.6 is 0 Å². The van der Waals surface area contributed by atoms with Gasteiger partial charge in [0.15, 0.2) is 5.82 Å². The van der Waals surface area contributed by atoms with E-state index < -0.39 is 0 Å². The van der Waals surface area contributed by atoms with Crippen LogP contribution in [0.25, 0.3) is 0 Å². The molecule has 0 aliphatic carbocycles. The lowest BCUT2D eigenvalue weighted by Crippen LogP contribution is -2.15. The summed E-state index contributed by atoms with van der Waals surface area (Å²) in [7, 11) is 0. The topological polar surface area (TPSA) is 57.8 Å². The Morgan fingerprint density at radius 3 is 2.59 bits per heavy atom. The van der Waals surface area contributed by atoms with Gasteiger partial charge in [0.25, 0.3) is 0 Å². The van der Waals surface area contributed by atoms with Crippen molar-refractivity contribution in [3.05, 3.63) is 11.8 Å². The maximum atomic E-state index is 11.7. The standard InChI is InChI=1S/C13H23N3O/c1-9(2)10-8-11(16-15-10)14-12(17)6-7-13(3,4)5/h8-9H,6-7H2,1-5H3,(H2,14,15,16,17). The molecule has 1 amide bonds. The van der Waals surface area contributed by atoms with Crippen molar-refractivity contribution in [2.75, 3.05) is 5.32 Å². The molecule has 0 unspecified atom stereocenters. The first-order chi connectivity index (χ1) is 7.78. The van der Waals surface area contributed by atoms with Crippen molar-refractivity contribution in [2.45, 2.75) is 53.4 Å². The SMILES string of the molecule is CC(C)c1cc(NC(=O)CCC(C)(C)C)n[nH]1.